The summed E-state index contributed by atoms with van der Waals surface area (Å²) in [4.78, 5) is 62.4. The topological polar surface area (TPSA) is 112 Å². The van der Waals surface area contributed by atoms with Crippen LogP contribution >= 0.6 is 12.8 Å². The number of hydrogen-bond donors (Lipinski definition) is 2. The second-order valence-corrected chi connectivity index (χ2v) is 8.19. The molecule has 1 aliphatic heterocycles. The van der Waals surface area contributed by atoms with Crippen LogP contribution in [0.15, 0.2) is 24.3 Å². The molecule has 0 spiro atoms. The van der Waals surface area contributed by atoms with E-state index in [1.54, 1.807) is 38.1 Å². The molecule has 0 bridgehead atoms. The van der Waals surface area contributed by atoms with E-state index in [0.717, 1.165) is 16.1 Å². The van der Waals surface area contributed by atoms with Crippen molar-refractivity contribution in [2.24, 2.45) is 5.92 Å². The molecule has 1 aliphatic rings. The van der Waals surface area contributed by atoms with Gasteiger partial charge in [-0.15, -0.1) is 0 Å². The van der Waals surface area contributed by atoms with Crippen LogP contribution in [0.5, 0.6) is 0 Å². The monoisotopic (exact) mass is 434 g/mol. The van der Waals surface area contributed by atoms with E-state index in [9.17, 15) is 29.1 Å². The van der Waals surface area contributed by atoms with Crippen molar-refractivity contribution in [3.63, 3.8) is 0 Å². The van der Waals surface area contributed by atoms with Crippen molar-refractivity contribution in [2.75, 3.05) is 6.54 Å². The molecule has 1 N–H and O–H groups in total. The highest BCUT2D eigenvalue weighted by molar-refractivity contribution is 7.78. The Bertz CT molecular complexity index is 833. The summed E-state index contributed by atoms with van der Waals surface area (Å²) in [5, 5.41) is 9.68. The summed E-state index contributed by atoms with van der Waals surface area (Å²) in [5.41, 5.74) is -1.31. The summed E-state index contributed by atoms with van der Waals surface area (Å²) in [6, 6.07) is 6.57. The number of nitrogens with zero attached hydrogens (tertiary/aromatic N) is 2. The van der Waals surface area contributed by atoms with Crippen LogP contribution in [0.2, 0.25) is 0 Å². The first-order valence-electron chi connectivity index (χ1n) is 9.75. The third-order valence-corrected chi connectivity index (χ3v) is 5.70. The molecule has 30 heavy (non-hydrogen) atoms. The maximum Gasteiger partial charge on any atom is 0.338 e. The van der Waals surface area contributed by atoms with Gasteiger partial charge in [-0.05, 0) is 44.2 Å². The van der Waals surface area contributed by atoms with Crippen molar-refractivity contribution in [3.05, 3.63) is 35.4 Å². The van der Waals surface area contributed by atoms with Crippen LogP contribution in [0.25, 0.3) is 0 Å². The lowest BCUT2D eigenvalue weighted by molar-refractivity contribution is -0.159. The molecule has 9 heteroatoms. The van der Waals surface area contributed by atoms with Gasteiger partial charge in [-0.25, -0.2) is 4.79 Å². The molecule has 0 saturated heterocycles. The average molecular weight is 435 g/mol. The van der Waals surface area contributed by atoms with Gasteiger partial charge >= 0.3 is 5.97 Å². The second-order valence-electron chi connectivity index (χ2n) is 7.79. The molecule has 162 valence electrons. The van der Waals surface area contributed by atoms with Crippen LogP contribution in [-0.4, -0.2) is 55.9 Å². The van der Waals surface area contributed by atoms with Crippen molar-refractivity contribution in [3.8, 4) is 0 Å². The summed E-state index contributed by atoms with van der Waals surface area (Å²) in [7, 11) is 0. The number of carboxylic acid groups (broad SMARTS) is 1. The molecule has 1 aromatic rings. The molecule has 1 heterocycles. The summed E-state index contributed by atoms with van der Waals surface area (Å²) in [6.45, 7) is 4.80. The molecule has 0 fully saturated rings. The number of imide groups is 1. The molecule has 0 saturated carbocycles. The van der Waals surface area contributed by atoms with E-state index in [0.29, 0.717) is 24.0 Å². The normalized spacial score (nSPS) is 15.2. The Morgan fingerprint density at radius 2 is 1.63 bits per heavy atom. The quantitative estimate of drug-likeness (QED) is 0.253. The predicted molar refractivity (Wildman–Crippen MR) is 112 cm³/mol. The molecular formula is C21H26N2O6S. The van der Waals surface area contributed by atoms with E-state index in [4.69, 9.17) is 0 Å². The first kappa shape index (κ1) is 23.6. The maximum absolute atomic E-state index is 12.6. The minimum absolute atomic E-state index is 0.0536. The highest BCUT2D eigenvalue weighted by Crippen LogP contribution is 2.29. The van der Waals surface area contributed by atoms with Crippen molar-refractivity contribution < 1.29 is 29.1 Å². The van der Waals surface area contributed by atoms with Gasteiger partial charge in [0, 0.05) is 13.0 Å². The van der Waals surface area contributed by atoms with Gasteiger partial charge < -0.3 is 5.11 Å². The zero-order valence-corrected chi connectivity index (χ0v) is 18.1. The number of amides is 3. The molecule has 1 atom stereocenters. The van der Waals surface area contributed by atoms with Gasteiger partial charge in [0.05, 0.1) is 11.1 Å². The van der Waals surface area contributed by atoms with E-state index in [-0.39, 0.29) is 37.1 Å². The first-order valence-corrected chi connectivity index (χ1v) is 10.2. The average Bonchev–Trinajstić information content (AvgIpc) is 2.92. The fourth-order valence-corrected chi connectivity index (χ4v) is 4.01. The van der Waals surface area contributed by atoms with E-state index in [1.165, 1.54) is 0 Å². The number of thiol groups is 1. The number of fused-ring (bicyclic) bond motifs is 1. The van der Waals surface area contributed by atoms with Crippen molar-refractivity contribution >= 4 is 42.3 Å². The summed E-state index contributed by atoms with van der Waals surface area (Å²) < 4.78 is 0.722. The lowest BCUT2D eigenvalue weighted by Crippen LogP contribution is -2.58. The smallest absolute Gasteiger partial charge is 0.338 e. The summed E-state index contributed by atoms with van der Waals surface area (Å²) >= 11 is 4.07. The number of rotatable bonds is 10. The highest BCUT2D eigenvalue weighted by Gasteiger charge is 2.50. The van der Waals surface area contributed by atoms with Gasteiger partial charge in [0.15, 0.2) is 5.78 Å². The number of hydrogen-bond acceptors (Lipinski definition) is 6. The van der Waals surface area contributed by atoms with Gasteiger partial charge in [0.1, 0.15) is 0 Å². The molecule has 3 amide bonds. The van der Waals surface area contributed by atoms with Crippen LogP contribution in [0.4, 0.5) is 0 Å². The number of carbonyl (C=O) groups excluding carboxylic acids is 4. The number of unbranched alkanes of at least 4 members (excludes halogenated alkanes) is 1. The number of carbonyl (C=O) groups is 5. The lowest BCUT2D eigenvalue weighted by atomic mass is 9.85. The summed E-state index contributed by atoms with van der Waals surface area (Å²) in [5.74, 6) is -3.57. The van der Waals surface area contributed by atoms with Gasteiger partial charge in [0.25, 0.3) is 11.8 Å². The van der Waals surface area contributed by atoms with E-state index >= 15 is 0 Å². The van der Waals surface area contributed by atoms with Crippen LogP contribution in [0.1, 0.15) is 67.2 Å². The number of ketones is 1. The standard InChI is InChI=1S/C21H26N2O6S/c1-13(2)12-21(14(3)24,20(28)29)23(30)17(25)10-6-7-11-22-18(26)15-8-4-5-9-16(15)19(22)27/h4-5,8-9,13,30H,6-7,10-12H2,1-3H3,(H,28,29)/t21-/m1/s1. The van der Waals surface area contributed by atoms with Crippen molar-refractivity contribution in [1.82, 2.24) is 9.21 Å². The third kappa shape index (κ3) is 4.40. The minimum Gasteiger partial charge on any atom is -0.479 e. The van der Waals surface area contributed by atoms with E-state index < -0.39 is 23.2 Å². The number of benzene rings is 1. The number of carboxylic acids is 1. The van der Waals surface area contributed by atoms with Gasteiger partial charge in [-0.1, -0.05) is 38.8 Å². The Hall–Kier alpha value is -2.68. The van der Waals surface area contributed by atoms with E-state index in [2.05, 4.69) is 12.8 Å². The maximum atomic E-state index is 12.6. The zero-order chi connectivity index (χ0) is 22.6. The fourth-order valence-electron chi connectivity index (χ4n) is 3.61. The Morgan fingerprint density at radius 3 is 2.07 bits per heavy atom. The van der Waals surface area contributed by atoms with Crippen LogP contribution < -0.4 is 0 Å². The molecule has 0 aliphatic carbocycles. The zero-order valence-electron chi connectivity index (χ0n) is 17.3. The molecular weight excluding hydrogens is 408 g/mol. The predicted octanol–water partition coefficient (Wildman–Crippen LogP) is 2.58. The van der Waals surface area contributed by atoms with Crippen molar-refractivity contribution in [1.29, 1.82) is 0 Å². The SMILES string of the molecule is CC(=O)[C@](CC(C)C)(C(=O)O)N(S)C(=O)CCCCN1C(=O)c2ccccc2C1=O. The molecule has 0 aromatic heterocycles. The van der Waals surface area contributed by atoms with Crippen LogP contribution in [0, 0.1) is 5.92 Å². The first-order chi connectivity index (χ1) is 14.0. The van der Waals surface area contributed by atoms with Crippen LogP contribution in [-0.2, 0) is 14.4 Å². The minimum atomic E-state index is -2.03. The molecule has 8 nitrogen and oxygen atoms in total. The van der Waals surface area contributed by atoms with Gasteiger partial charge in [-0.3, -0.25) is 28.4 Å². The van der Waals surface area contributed by atoms with Gasteiger partial charge in [-0.2, -0.15) is 0 Å². The highest BCUT2D eigenvalue weighted by atomic mass is 32.1. The number of Topliss-reactive ketones (excluding diaryl/α,β-unsaturated/α-hetero) is 1. The lowest BCUT2D eigenvalue weighted by Gasteiger charge is -2.36. The Labute approximate surface area is 180 Å². The van der Waals surface area contributed by atoms with E-state index in [1.807, 2.05) is 0 Å². The Morgan fingerprint density at radius 1 is 1.10 bits per heavy atom. The summed E-state index contributed by atoms with van der Waals surface area (Å²) in [6.07, 6.45) is 0.552. The molecule has 1 aromatic carbocycles. The molecule has 2 rings (SSSR count). The van der Waals surface area contributed by atoms with Crippen molar-refractivity contribution in [2.45, 2.75) is 52.0 Å². The Balaban J connectivity index is 1.97. The van der Waals surface area contributed by atoms with Crippen LogP contribution in [0.3, 0.4) is 0 Å². The second kappa shape index (κ2) is 9.42. The molecule has 0 radical (unpaired) electrons. The third-order valence-electron chi connectivity index (χ3n) is 5.14. The molecule has 0 unspecified atom stereocenters. The Kier molecular flexibility index (Phi) is 7.41. The largest absolute Gasteiger partial charge is 0.479 e. The fraction of sp³-hybridized carbons (Fsp3) is 0.476. The van der Waals surface area contributed by atoms with Gasteiger partial charge in [0.2, 0.25) is 11.4 Å². The number of aliphatic carboxylic acids is 1.